The third-order valence-electron chi connectivity index (χ3n) is 2.99. The van der Waals surface area contributed by atoms with Gasteiger partial charge in [0.2, 0.25) is 0 Å². The zero-order chi connectivity index (χ0) is 18.1. The summed E-state index contributed by atoms with van der Waals surface area (Å²) in [4.78, 5) is 23.6. The Morgan fingerprint density at radius 2 is 1.58 bits per heavy atom. The standard InChI is InChI=1S/C17H14N2O5/c1-22-13-6-4-11(5-7-13)16(12(9-18)10-19)14(17(21)24-3)8-15(20)23-2/h4-8H,1-3H3/b14-8+. The maximum atomic E-state index is 12.1. The van der Waals surface area contributed by atoms with Crippen LogP contribution in [0.1, 0.15) is 5.56 Å². The first kappa shape index (κ1) is 18.5. The van der Waals surface area contributed by atoms with Crippen molar-refractivity contribution in [3.8, 4) is 17.9 Å². The fourth-order valence-corrected chi connectivity index (χ4v) is 1.85. The second kappa shape index (κ2) is 8.76. The maximum Gasteiger partial charge on any atom is 0.338 e. The Labute approximate surface area is 139 Å². The molecule has 0 radical (unpaired) electrons. The van der Waals surface area contributed by atoms with Gasteiger partial charge in [0.1, 0.15) is 23.5 Å². The van der Waals surface area contributed by atoms with Gasteiger partial charge in [-0.15, -0.1) is 0 Å². The molecular formula is C17H14N2O5. The summed E-state index contributed by atoms with van der Waals surface area (Å²) in [6, 6.07) is 9.72. The van der Waals surface area contributed by atoms with E-state index in [2.05, 4.69) is 9.47 Å². The van der Waals surface area contributed by atoms with Gasteiger partial charge in [0, 0.05) is 11.6 Å². The van der Waals surface area contributed by atoms with Gasteiger partial charge in [0.05, 0.1) is 26.9 Å². The van der Waals surface area contributed by atoms with Crippen LogP contribution in [0.4, 0.5) is 0 Å². The molecular weight excluding hydrogens is 312 g/mol. The zero-order valence-corrected chi connectivity index (χ0v) is 13.3. The molecule has 0 fully saturated rings. The Kier molecular flexibility index (Phi) is 6.74. The van der Waals surface area contributed by atoms with Crippen LogP contribution >= 0.6 is 0 Å². The Morgan fingerprint density at radius 3 is 2.00 bits per heavy atom. The number of carbonyl (C=O) groups is 2. The van der Waals surface area contributed by atoms with Crippen LogP contribution in [-0.2, 0) is 19.1 Å². The number of hydrogen-bond acceptors (Lipinski definition) is 7. The predicted molar refractivity (Wildman–Crippen MR) is 83.3 cm³/mol. The smallest absolute Gasteiger partial charge is 0.338 e. The molecule has 7 heteroatoms. The number of benzene rings is 1. The molecule has 0 aliphatic rings. The number of allylic oxidation sites excluding steroid dienone is 1. The quantitative estimate of drug-likeness (QED) is 0.351. The van der Waals surface area contributed by atoms with Gasteiger partial charge in [-0.25, -0.2) is 9.59 Å². The average Bonchev–Trinajstić information content (AvgIpc) is 2.63. The molecule has 0 heterocycles. The van der Waals surface area contributed by atoms with Crippen LogP contribution in [0.25, 0.3) is 5.57 Å². The molecule has 122 valence electrons. The lowest BCUT2D eigenvalue weighted by molar-refractivity contribution is -0.138. The first-order valence-electron chi connectivity index (χ1n) is 6.59. The molecule has 0 N–H and O–H groups in total. The van der Waals surface area contributed by atoms with Crippen molar-refractivity contribution in [1.82, 2.24) is 0 Å². The van der Waals surface area contributed by atoms with E-state index >= 15 is 0 Å². The van der Waals surface area contributed by atoms with Crippen molar-refractivity contribution in [2.75, 3.05) is 21.3 Å². The SMILES string of the molecule is COC(=O)/C=C(/C(=O)OC)C(=C(C#N)C#N)c1ccc(OC)cc1. The molecule has 24 heavy (non-hydrogen) atoms. The number of nitriles is 2. The molecule has 0 bridgehead atoms. The summed E-state index contributed by atoms with van der Waals surface area (Å²) in [6.07, 6.45) is 0.875. The molecule has 1 rings (SSSR count). The second-order valence-corrected chi connectivity index (χ2v) is 4.27. The van der Waals surface area contributed by atoms with Crippen molar-refractivity contribution in [2.45, 2.75) is 0 Å². The molecule has 0 atom stereocenters. The van der Waals surface area contributed by atoms with E-state index in [-0.39, 0.29) is 16.7 Å². The van der Waals surface area contributed by atoms with Gasteiger partial charge >= 0.3 is 11.9 Å². The van der Waals surface area contributed by atoms with Gasteiger partial charge in [-0.1, -0.05) is 12.1 Å². The number of nitrogens with zero attached hydrogens (tertiary/aromatic N) is 2. The highest BCUT2D eigenvalue weighted by Gasteiger charge is 2.23. The highest BCUT2D eigenvalue weighted by atomic mass is 16.5. The van der Waals surface area contributed by atoms with E-state index in [1.807, 2.05) is 0 Å². The highest BCUT2D eigenvalue weighted by molar-refractivity contribution is 6.11. The molecule has 7 nitrogen and oxygen atoms in total. The van der Waals surface area contributed by atoms with Crippen LogP contribution in [0, 0.1) is 22.7 Å². The Bertz CT molecular complexity index is 761. The van der Waals surface area contributed by atoms with Gasteiger partial charge < -0.3 is 14.2 Å². The van der Waals surface area contributed by atoms with E-state index in [1.54, 1.807) is 36.4 Å². The van der Waals surface area contributed by atoms with Crippen molar-refractivity contribution < 1.29 is 23.8 Å². The maximum absolute atomic E-state index is 12.1. The average molecular weight is 326 g/mol. The van der Waals surface area contributed by atoms with Crippen LogP contribution in [0.15, 0.2) is 41.5 Å². The summed E-state index contributed by atoms with van der Waals surface area (Å²) in [7, 11) is 3.75. The lowest BCUT2D eigenvalue weighted by Gasteiger charge is -2.11. The second-order valence-electron chi connectivity index (χ2n) is 4.27. The molecule has 0 aliphatic heterocycles. The molecule has 1 aromatic rings. The summed E-state index contributed by atoms with van der Waals surface area (Å²) in [6.45, 7) is 0. The topological polar surface area (TPSA) is 109 Å². The van der Waals surface area contributed by atoms with E-state index in [0.717, 1.165) is 20.3 Å². The van der Waals surface area contributed by atoms with Crippen molar-refractivity contribution >= 4 is 17.5 Å². The number of hydrogen-bond donors (Lipinski definition) is 0. The zero-order valence-electron chi connectivity index (χ0n) is 13.3. The number of ether oxygens (including phenoxy) is 3. The fourth-order valence-electron chi connectivity index (χ4n) is 1.85. The third kappa shape index (κ3) is 4.21. The van der Waals surface area contributed by atoms with E-state index in [9.17, 15) is 20.1 Å². The van der Waals surface area contributed by atoms with Crippen LogP contribution < -0.4 is 4.74 Å². The highest BCUT2D eigenvalue weighted by Crippen LogP contribution is 2.29. The lowest BCUT2D eigenvalue weighted by atomic mass is 9.93. The van der Waals surface area contributed by atoms with Crippen LogP contribution in [0.3, 0.4) is 0 Å². The van der Waals surface area contributed by atoms with Gasteiger partial charge in [-0.3, -0.25) is 0 Å². The van der Waals surface area contributed by atoms with E-state index < -0.39 is 11.9 Å². The van der Waals surface area contributed by atoms with Gasteiger partial charge in [-0.2, -0.15) is 10.5 Å². The van der Waals surface area contributed by atoms with Gasteiger partial charge in [0.25, 0.3) is 0 Å². The minimum atomic E-state index is -0.880. The van der Waals surface area contributed by atoms with E-state index in [0.29, 0.717) is 11.3 Å². The number of esters is 2. The molecule has 0 saturated heterocycles. The van der Waals surface area contributed by atoms with Gasteiger partial charge in [-0.05, 0) is 17.7 Å². The first-order chi connectivity index (χ1) is 11.5. The van der Waals surface area contributed by atoms with Crippen LogP contribution in [0.2, 0.25) is 0 Å². The molecule has 0 spiro atoms. The van der Waals surface area contributed by atoms with Crippen molar-refractivity contribution in [3.63, 3.8) is 0 Å². The third-order valence-corrected chi connectivity index (χ3v) is 2.99. The van der Waals surface area contributed by atoms with Crippen LogP contribution in [-0.4, -0.2) is 33.3 Å². The number of carbonyl (C=O) groups excluding carboxylic acids is 2. The summed E-state index contributed by atoms with van der Waals surface area (Å²) in [5.41, 5.74) is -0.261. The molecule has 0 saturated carbocycles. The predicted octanol–water partition coefficient (Wildman–Crippen LogP) is 1.77. The Hall–Kier alpha value is -3.58. The number of methoxy groups -OCH3 is 3. The van der Waals surface area contributed by atoms with E-state index in [4.69, 9.17) is 4.74 Å². The molecule has 0 unspecified atom stereocenters. The minimum Gasteiger partial charge on any atom is -0.497 e. The van der Waals surface area contributed by atoms with Crippen molar-refractivity contribution in [2.24, 2.45) is 0 Å². The van der Waals surface area contributed by atoms with Crippen molar-refractivity contribution in [3.05, 3.63) is 47.1 Å². The van der Waals surface area contributed by atoms with Crippen LogP contribution in [0.5, 0.6) is 5.75 Å². The Morgan fingerprint density at radius 1 is 1.00 bits per heavy atom. The minimum absolute atomic E-state index is 0.0279. The van der Waals surface area contributed by atoms with Crippen molar-refractivity contribution in [1.29, 1.82) is 10.5 Å². The summed E-state index contributed by atoms with van der Waals surface area (Å²) < 4.78 is 14.2. The van der Waals surface area contributed by atoms with Gasteiger partial charge in [0.15, 0.2) is 0 Å². The largest absolute Gasteiger partial charge is 0.497 e. The lowest BCUT2D eigenvalue weighted by Crippen LogP contribution is -2.11. The molecule has 0 amide bonds. The number of rotatable bonds is 5. The Balaban J connectivity index is 3.68. The monoisotopic (exact) mass is 326 g/mol. The fraction of sp³-hybridized carbons (Fsp3) is 0.176. The molecule has 0 aromatic heterocycles. The van der Waals surface area contributed by atoms with E-state index in [1.165, 1.54) is 7.11 Å². The molecule has 1 aromatic carbocycles. The first-order valence-corrected chi connectivity index (χ1v) is 6.59. The normalized spacial score (nSPS) is 9.96. The summed E-state index contributed by atoms with van der Waals surface area (Å²) >= 11 is 0. The summed E-state index contributed by atoms with van der Waals surface area (Å²) in [5, 5.41) is 18.4. The summed E-state index contributed by atoms with van der Waals surface area (Å²) in [5.74, 6) is -1.16. The molecule has 0 aliphatic carbocycles.